The minimum absolute atomic E-state index is 0.0834. The van der Waals surface area contributed by atoms with Crippen molar-refractivity contribution in [3.05, 3.63) is 60.8 Å². The Balaban J connectivity index is 4.14. The van der Waals surface area contributed by atoms with Gasteiger partial charge in [0.25, 0.3) is 0 Å². The number of rotatable bonds is 47. The van der Waals surface area contributed by atoms with Gasteiger partial charge in [-0.05, 0) is 77.0 Å². The summed E-state index contributed by atoms with van der Waals surface area (Å²) >= 11 is 0. The SMILES string of the molecule is CCCC/C=C\C/C=C\CCCCCCCCOCC(COP(=O)(O)OCC[N+](C)(C)C)OC(=O)CCCCCCCCCCCC/C=C\C/C=C\C/C=C\CCCCCCC. The molecular weight excluding hydrogens is 794 g/mol. The molecule has 9 heteroatoms. The number of ether oxygens (including phenoxy) is 2. The van der Waals surface area contributed by atoms with Crippen molar-refractivity contribution in [3.63, 3.8) is 0 Å². The van der Waals surface area contributed by atoms with Gasteiger partial charge >= 0.3 is 13.8 Å². The van der Waals surface area contributed by atoms with Crippen molar-refractivity contribution in [1.29, 1.82) is 0 Å². The smallest absolute Gasteiger partial charge is 0.457 e. The maximum Gasteiger partial charge on any atom is 0.472 e. The first-order valence-electron chi connectivity index (χ1n) is 25.5. The predicted molar refractivity (Wildman–Crippen MR) is 266 cm³/mol. The molecule has 2 unspecified atom stereocenters. The number of allylic oxidation sites excluding steroid dienone is 10. The van der Waals surface area contributed by atoms with Crippen LogP contribution in [-0.4, -0.2) is 75.6 Å². The summed E-state index contributed by atoms with van der Waals surface area (Å²) in [4.78, 5) is 23.0. The van der Waals surface area contributed by atoms with Crippen molar-refractivity contribution < 1.29 is 37.3 Å². The first-order chi connectivity index (χ1) is 30.1. The Kier molecular flexibility index (Phi) is 44.4. The molecule has 2 atom stereocenters. The lowest BCUT2D eigenvalue weighted by Gasteiger charge is -2.24. The fourth-order valence-electron chi connectivity index (χ4n) is 6.81. The third kappa shape index (κ3) is 49.2. The highest BCUT2D eigenvalue weighted by molar-refractivity contribution is 7.47. The molecular formula is C53H99NO7P+. The summed E-state index contributed by atoms with van der Waals surface area (Å²) in [5, 5.41) is 0. The molecule has 0 radical (unpaired) electrons. The van der Waals surface area contributed by atoms with Crippen LogP contribution in [-0.2, 0) is 27.9 Å². The van der Waals surface area contributed by atoms with Crippen LogP contribution in [0.3, 0.4) is 0 Å². The van der Waals surface area contributed by atoms with E-state index in [4.69, 9.17) is 18.5 Å². The van der Waals surface area contributed by atoms with Crippen LogP contribution in [0.5, 0.6) is 0 Å². The number of phosphoric ester groups is 1. The van der Waals surface area contributed by atoms with Crippen LogP contribution in [0.2, 0.25) is 0 Å². The molecule has 0 rings (SSSR count). The molecule has 0 saturated carbocycles. The van der Waals surface area contributed by atoms with Gasteiger partial charge in [-0.1, -0.05) is 190 Å². The van der Waals surface area contributed by atoms with E-state index in [-0.39, 0.29) is 25.8 Å². The van der Waals surface area contributed by atoms with Gasteiger partial charge in [-0.2, -0.15) is 0 Å². The fourth-order valence-corrected chi connectivity index (χ4v) is 7.55. The standard InChI is InChI=1S/C53H98NO7P/c1-6-8-10-12-14-16-18-20-22-23-24-25-26-27-28-29-30-31-32-34-36-38-40-42-44-46-53(55)61-52(51-60-62(56,57)59-49-47-54(3,4)5)50-58-48-45-43-41-39-37-35-33-21-19-17-15-13-11-9-7-2/h13,15,18-21,23-24,26-27,52H,6-12,14,16-17,22,25,28-51H2,1-5H3/p+1/b15-13-,20-18-,21-19-,24-23-,27-26-. The van der Waals surface area contributed by atoms with E-state index in [1.165, 1.54) is 135 Å². The molecule has 0 spiro atoms. The molecule has 8 nitrogen and oxygen atoms in total. The number of carbonyl (C=O) groups is 1. The van der Waals surface area contributed by atoms with Gasteiger partial charge in [-0.3, -0.25) is 13.8 Å². The van der Waals surface area contributed by atoms with Gasteiger partial charge in [0.1, 0.15) is 19.3 Å². The number of quaternary nitrogens is 1. The molecule has 0 aromatic rings. The van der Waals surface area contributed by atoms with E-state index >= 15 is 0 Å². The fraction of sp³-hybridized carbons (Fsp3) is 0.792. The minimum atomic E-state index is -4.29. The van der Waals surface area contributed by atoms with Crippen molar-refractivity contribution in [2.24, 2.45) is 0 Å². The lowest BCUT2D eigenvalue weighted by Crippen LogP contribution is -2.37. The summed E-state index contributed by atoms with van der Waals surface area (Å²) in [5.41, 5.74) is 0. The molecule has 0 bridgehead atoms. The quantitative estimate of drug-likeness (QED) is 0.0214. The van der Waals surface area contributed by atoms with Crippen LogP contribution < -0.4 is 0 Å². The molecule has 0 saturated heterocycles. The molecule has 0 aliphatic carbocycles. The van der Waals surface area contributed by atoms with Crippen molar-refractivity contribution >= 4 is 13.8 Å². The summed E-state index contributed by atoms with van der Waals surface area (Å²) in [6.45, 7) is 5.55. The average Bonchev–Trinajstić information content (AvgIpc) is 3.23. The molecule has 0 aromatic heterocycles. The highest BCUT2D eigenvalue weighted by Gasteiger charge is 2.26. The molecule has 62 heavy (non-hydrogen) atoms. The Morgan fingerprint density at radius 2 is 0.903 bits per heavy atom. The van der Waals surface area contributed by atoms with E-state index in [1.54, 1.807) is 0 Å². The summed E-state index contributed by atoms with van der Waals surface area (Å²) < 4.78 is 35.1. The first kappa shape index (κ1) is 60.2. The van der Waals surface area contributed by atoms with E-state index in [0.717, 1.165) is 57.8 Å². The number of phosphoric acid groups is 1. The van der Waals surface area contributed by atoms with Gasteiger partial charge in [0, 0.05) is 13.0 Å². The largest absolute Gasteiger partial charge is 0.472 e. The highest BCUT2D eigenvalue weighted by atomic mass is 31.2. The number of carbonyl (C=O) groups excluding carboxylic acids is 1. The number of nitrogens with zero attached hydrogens (tertiary/aromatic N) is 1. The zero-order valence-corrected chi connectivity index (χ0v) is 42.0. The Labute approximate surface area is 383 Å². The molecule has 0 aliphatic heterocycles. The summed E-state index contributed by atoms with van der Waals surface area (Å²) in [5.74, 6) is -0.322. The lowest BCUT2D eigenvalue weighted by atomic mass is 10.0. The molecule has 0 fully saturated rings. The van der Waals surface area contributed by atoms with Crippen molar-refractivity contribution in [2.45, 2.75) is 219 Å². The van der Waals surface area contributed by atoms with E-state index in [0.29, 0.717) is 24.1 Å². The zero-order chi connectivity index (χ0) is 45.5. The van der Waals surface area contributed by atoms with Gasteiger partial charge < -0.3 is 18.9 Å². The highest BCUT2D eigenvalue weighted by Crippen LogP contribution is 2.43. The average molecular weight is 893 g/mol. The van der Waals surface area contributed by atoms with Crippen molar-refractivity contribution in [2.75, 3.05) is 54.1 Å². The maximum absolute atomic E-state index is 12.8. The number of hydrogen-bond donors (Lipinski definition) is 1. The van der Waals surface area contributed by atoms with Crippen molar-refractivity contribution in [3.8, 4) is 0 Å². The van der Waals surface area contributed by atoms with E-state index < -0.39 is 13.9 Å². The summed E-state index contributed by atoms with van der Waals surface area (Å²) in [6.07, 6.45) is 58.3. The van der Waals surface area contributed by atoms with E-state index in [2.05, 4.69) is 74.6 Å². The number of hydrogen-bond acceptors (Lipinski definition) is 6. The van der Waals surface area contributed by atoms with E-state index in [1.807, 2.05) is 21.1 Å². The number of unbranched alkanes of at least 4 members (excludes halogenated alkanes) is 23. The van der Waals surface area contributed by atoms with Crippen LogP contribution in [0.1, 0.15) is 213 Å². The van der Waals surface area contributed by atoms with Crippen LogP contribution in [0.4, 0.5) is 0 Å². The van der Waals surface area contributed by atoms with Crippen LogP contribution in [0.25, 0.3) is 0 Å². The monoisotopic (exact) mass is 893 g/mol. The third-order valence-electron chi connectivity index (χ3n) is 10.8. The van der Waals surface area contributed by atoms with Gasteiger partial charge in [0.2, 0.25) is 0 Å². The number of esters is 1. The number of likely N-dealkylation sites (N-methyl/N-ethyl adjacent to an activating group) is 1. The molecule has 0 heterocycles. The topological polar surface area (TPSA) is 91.3 Å². The van der Waals surface area contributed by atoms with Crippen LogP contribution in [0, 0.1) is 0 Å². The molecule has 362 valence electrons. The Morgan fingerprint density at radius 3 is 1.37 bits per heavy atom. The van der Waals surface area contributed by atoms with Gasteiger partial charge in [-0.25, -0.2) is 4.57 Å². The normalized spacial score (nSPS) is 14.1. The zero-order valence-electron chi connectivity index (χ0n) is 41.1. The molecule has 0 aromatic carbocycles. The second-order valence-electron chi connectivity index (χ2n) is 18.2. The first-order valence-corrected chi connectivity index (χ1v) is 27.0. The molecule has 0 aliphatic rings. The summed E-state index contributed by atoms with van der Waals surface area (Å²) in [6, 6.07) is 0. The lowest BCUT2D eigenvalue weighted by molar-refractivity contribution is -0.870. The Hall–Kier alpha value is -1.80. The van der Waals surface area contributed by atoms with E-state index in [9.17, 15) is 14.3 Å². The van der Waals surface area contributed by atoms with Crippen molar-refractivity contribution in [1.82, 2.24) is 0 Å². The second kappa shape index (κ2) is 45.8. The summed E-state index contributed by atoms with van der Waals surface area (Å²) in [7, 11) is 1.65. The molecule has 0 amide bonds. The molecule has 1 N–H and O–H groups in total. The third-order valence-corrected chi connectivity index (χ3v) is 11.8. The minimum Gasteiger partial charge on any atom is -0.457 e. The maximum atomic E-state index is 12.8. The van der Waals surface area contributed by atoms with Gasteiger partial charge in [-0.15, -0.1) is 0 Å². The Morgan fingerprint density at radius 1 is 0.500 bits per heavy atom. The van der Waals surface area contributed by atoms with Gasteiger partial charge in [0.15, 0.2) is 0 Å². The van der Waals surface area contributed by atoms with Crippen LogP contribution >= 0.6 is 7.82 Å². The van der Waals surface area contributed by atoms with Crippen LogP contribution in [0.15, 0.2) is 60.8 Å². The Bertz CT molecular complexity index is 1170. The predicted octanol–water partition coefficient (Wildman–Crippen LogP) is 15.7. The van der Waals surface area contributed by atoms with Gasteiger partial charge in [0.05, 0.1) is 34.4 Å². The second-order valence-corrected chi connectivity index (χ2v) is 19.6.